The Morgan fingerprint density at radius 3 is 1.20 bits per heavy atom. The number of nitrogens with zero attached hydrogens (tertiary/aromatic N) is 4. The summed E-state index contributed by atoms with van der Waals surface area (Å²) in [5, 5.41) is 0. The number of piperazine rings is 1. The standard InChI is InChI=1S/C24H32N4O2/c1-25(2)23(29)21(19-11-7-5-8-12-19)27-15-17-28(18-16-27)22(24(30)26(3)4)20-13-9-6-10-14-20/h5-14,21-22H,15-18H2,1-4H3/t21-,22-/m1/s1. The van der Waals surface area contributed by atoms with E-state index in [4.69, 9.17) is 0 Å². The number of likely N-dealkylation sites (N-methyl/N-ethyl adjacent to an activating group) is 2. The fraction of sp³-hybridized carbons (Fsp3) is 0.417. The summed E-state index contributed by atoms with van der Waals surface area (Å²) in [6, 6.07) is 19.3. The van der Waals surface area contributed by atoms with Crippen molar-refractivity contribution in [2.45, 2.75) is 12.1 Å². The number of carbonyl (C=O) groups excluding carboxylic acids is 2. The van der Waals surface area contributed by atoms with Crippen LogP contribution in [0.3, 0.4) is 0 Å². The molecule has 1 aliphatic heterocycles. The van der Waals surface area contributed by atoms with E-state index >= 15 is 0 Å². The van der Waals surface area contributed by atoms with E-state index in [0.29, 0.717) is 0 Å². The highest BCUT2D eigenvalue weighted by Crippen LogP contribution is 2.28. The fourth-order valence-electron chi connectivity index (χ4n) is 4.03. The smallest absolute Gasteiger partial charge is 0.244 e. The molecule has 0 radical (unpaired) electrons. The minimum absolute atomic E-state index is 0.0821. The molecule has 3 rings (SSSR count). The Morgan fingerprint density at radius 1 is 0.633 bits per heavy atom. The summed E-state index contributed by atoms with van der Waals surface area (Å²) in [6.45, 7) is 2.90. The van der Waals surface area contributed by atoms with Gasteiger partial charge in [-0.25, -0.2) is 0 Å². The molecule has 160 valence electrons. The number of hydrogen-bond donors (Lipinski definition) is 0. The zero-order chi connectivity index (χ0) is 21.7. The number of carbonyl (C=O) groups is 2. The first-order chi connectivity index (χ1) is 14.4. The highest BCUT2D eigenvalue weighted by atomic mass is 16.2. The Kier molecular flexibility index (Phi) is 7.24. The molecule has 0 bridgehead atoms. The molecule has 1 fully saturated rings. The van der Waals surface area contributed by atoms with Crippen molar-refractivity contribution in [1.29, 1.82) is 0 Å². The Morgan fingerprint density at radius 2 is 0.933 bits per heavy atom. The van der Waals surface area contributed by atoms with Crippen LogP contribution >= 0.6 is 0 Å². The number of amides is 2. The van der Waals surface area contributed by atoms with Crippen LogP contribution in [-0.4, -0.2) is 85.8 Å². The Hall–Kier alpha value is -2.70. The minimum atomic E-state index is -0.303. The molecular formula is C24H32N4O2. The molecule has 0 unspecified atom stereocenters. The lowest BCUT2D eigenvalue weighted by Gasteiger charge is -2.42. The normalized spacial score (nSPS) is 17.2. The van der Waals surface area contributed by atoms with Crippen LogP contribution in [-0.2, 0) is 9.59 Å². The van der Waals surface area contributed by atoms with Crippen molar-refractivity contribution < 1.29 is 9.59 Å². The summed E-state index contributed by atoms with van der Waals surface area (Å²) in [5.74, 6) is 0.164. The zero-order valence-corrected chi connectivity index (χ0v) is 18.4. The van der Waals surface area contributed by atoms with Gasteiger partial charge < -0.3 is 9.80 Å². The van der Waals surface area contributed by atoms with E-state index in [9.17, 15) is 9.59 Å². The SMILES string of the molecule is CN(C)C(=O)[C@@H](c1ccccc1)N1CCN([C@@H](C(=O)N(C)C)c2ccccc2)CC1. The lowest BCUT2D eigenvalue weighted by molar-refractivity contribution is -0.139. The van der Waals surface area contributed by atoms with Gasteiger partial charge in [0.1, 0.15) is 12.1 Å². The highest BCUT2D eigenvalue weighted by Gasteiger charge is 2.35. The zero-order valence-electron chi connectivity index (χ0n) is 18.4. The van der Waals surface area contributed by atoms with Gasteiger partial charge in [-0.2, -0.15) is 0 Å². The molecule has 30 heavy (non-hydrogen) atoms. The average molecular weight is 409 g/mol. The van der Waals surface area contributed by atoms with Crippen molar-refractivity contribution in [3.05, 3.63) is 71.8 Å². The molecule has 0 aromatic heterocycles. The van der Waals surface area contributed by atoms with Crippen molar-refractivity contribution in [3.63, 3.8) is 0 Å². The van der Waals surface area contributed by atoms with Crippen molar-refractivity contribution in [2.24, 2.45) is 0 Å². The number of hydrogen-bond acceptors (Lipinski definition) is 4. The molecule has 0 aliphatic carbocycles. The van der Waals surface area contributed by atoms with E-state index in [0.717, 1.165) is 37.3 Å². The Balaban J connectivity index is 1.80. The lowest BCUT2D eigenvalue weighted by atomic mass is 10.0. The first-order valence-corrected chi connectivity index (χ1v) is 10.4. The summed E-state index contributed by atoms with van der Waals surface area (Å²) in [5.41, 5.74) is 2.02. The van der Waals surface area contributed by atoms with Gasteiger partial charge in [0, 0.05) is 54.4 Å². The highest BCUT2D eigenvalue weighted by molar-refractivity contribution is 5.83. The third-order valence-electron chi connectivity index (χ3n) is 5.66. The van der Waals surface area contributed by atoms with Gasteiger partial charge in [-0.1, -0.05) is 60.7 Å². The molecule has 2 aromatic rings. The van der Waals surface area contributed by atoms with Crippen LogP contribution in [0.1, 0.15) is 23.2 Å². The predicted molar refractivity (Wildman–Crippen MR) is 119 cm³/mol. The van der Waals surface area contributed by atoms with Gasteiger partial charge in [0.15, 0.2) is 0 Å². The summed E-state index contributed by atoms with van der Waals surface area (Å²) in [6.07, 6.45) is 0. The number of rotatable bonds is 6. The number of benzene rings is 2. The second kappa shape index (κ2) is 9.87. The van der Waals surface area contributed by atoms with Crippen LogP contribution < -0.4 is 0 Å². The molecule has 1 heterocycles. The minimum Gasteiger partial charge on any atom is -0.347 e. The largest absolute Gasteiger partial charge is 0.347 e. The maximum Gasteiger partial charge on any atom is 0.244 e. The average Bonchev–Trinajstić information content (AvgIpc) is 2.76. The Labute approximate surface area is 179 Å². The van der Waals surface area contributed by atoms with Gasteiger partial charge in [-0.05, 0) is 11.1 Å². The molecule has 2 amide bonds. The van der Waals surface area contributed by atoms with Crippen LogP contribution in [0.15, 0.2) is 60.7 Å². The van der Waals surface area contributed by atoms with Crippen molar-refractivity contribution in [3.8, 4) is 0 Å². The Bertz CT molecular complexity index is 759. The molecule has 6 nitrogen and oxygen atoms in total. The summed E-state index contributed by atoms with van der Waals surface area (Å²) in [7, 11) is 7.21. The van der Waals surface area contributed by atoms with Crippen molar-refractivity contribution in [2.75, 3.05) is 54.4 Å². The summed E-state index contributed by atoms with van der Waals surface area (Å²) < 4.78 is 0. The third-order valence-corrected chi connectivity index (χ3v) is 5.66. The quantitative estimate of drug-likeness (QED) is 0.736. The summed E-state index contributed by atoms with van der Waals surface area (Å²) >= 11 is 0. The van der Waals surface area contributed by atoms with E-state index in [-0.39, 0.29) is 23.9 Å². The molecule has 0 spiro atoms. The third kappa shape index (κ3) is 4.89. The first-order valence-electron chi connectivity index (χ1n) is 10.4. The molecule has 2 aromatic carbocycles. The van der Waals surface area contributed by atoms with E-state index in [1.165, 1.54) is 0 Å². The van der Waals surface area contributed by atoms with E-state index < -0.39 is 0 Å². The molecule has 1 aliphatic rings. The predicted octanol–water partition coefficient (Wildman–Crippen LogP) is 2.26. The van der Waals surface area contributed by atoms with Gasteiger partial charge in [0.25, 0.3) is 0 Å². The van der Waals surface area contributed by atoms with E-state index in [2.05, 4.69) is 9.80 Å². The van der Waals surface area contributed by atoms with E-state index in [1.807, 2.05) is 60.7 Å². The first kappa shape index (κ1) is 22.0. The van der Waals surface area contributed by atoms with Gasteiger partial charge in [0.05, 0.1) is 0 Å². The molecule has 6 heteroatoms. The van der Waals surface area contributed by atoms with Crippen LogP contribution in [0.25, 0.3) is 0 Å². The van der Waals surface area contributed by atoms with Crippen LogP contribution in [0, 0.1) is 0 Å². The topological polar surface area (TPSA) is 47.1 Å². The second-order valence-electron chi connectivity index (χ2n) is 8.16. The maximum atomic E-state index is 13.0. The second-order valence-corrected chi connectivity index (χ2v) is 8.16. The van der Waals surface area contributed by atoms with Crippen molar-refractivity contribution >= 4 is 11.8 Å². The monoisotopic (exact) mass is 408 g/mol. The van der Waals surface area contributed by atoms with Crippen LogP contribution in [0.4, 0.5) is 0 Å². The molecule has 0 N–H and O–H groups in total. The van der Waals surface area contributed by atoms with Crippen LogP contribution in [0.5, 0.6) is 0 Å². The molecule has 1 saturated heterocycles. The van der Waals surface area contributed by atoms with Gasteiger partial charge in [0.2, 0.25) is 11.8 Å². The van der Waals surface area contributed by atoms with Crippen LogP contribution in [0.2, 0.25) is 0 Å². The molecular weight excluding hydrogens is 376 g/mol. The van der Waals surface area contributed by atoms with Gasteiger partial charge >= 0.3 is 0 Å². The summed E-state index contributed by atoms with van der Waals surface area (Å²) in [4.78, 5) is 33.8. The van der Waals surface area contributed by atoms with Gasteiger partial charge in [-0.15, -0.1) is 0 Å². The van der Waals surface area contributed by atoms with E-state index in [1.54, 1.807) is 38.0 Å². The fourth-order valence-corrected chi connectivity index (χ4v) is 4.03. The molecule has 2 atom stereocenters. The van der Waals surface area contributed by atoms with Crippen molar-refractivity contribution in [1.82, 2.24) is 19.6 Å². The lowest BCUT2D eigenvalue weighted by Crippen LogP contribution is -2.53. The maximum absolute atomic E-state index is 13.0. The molecule has 0 saturated carbocycles. The van der Waals surface area contributed by atoms with Gasteiger partial charge in [-0.3, -0.25) is 19.4 Å².